The fourth-order valence-electron chi connectivity index (χ4n) is 8.57. The highest BCUT2D eigenvalue weighted by Gasteiger charge is 2.28. The molecule has 1 N–H and O–H groups in total. The molecule has 1 aliphatic heterocycles. The Hall–Kier alpha value is -4.03. The number of aryl methyl sites for hydroxylation is 3. The molecule has 0 amide bonds. The van der Waals surface area contributed by atoms with E-state index in [0.717, 1.165) is 46.7 Å². The van der Waals surface area contributed by atoms with Crippen LogP contribution in [0.2, 0.25) is 0 Å². The second kappa shape index (κ2) is 16.3. The van der Waals surface area contributed by atoms with Gasteiger partial charge in [-0.15, -0.1) is 0 Å². The number of hydrogen-bond donors (Lipinski definition) is 1. The number of rotatable bonds is 9. The maximum Gasteiger partial charge on any atom is 0.335 e. The van der Waals surface area contributed by atoms with E-state index in [4.69, 9.17) is 4.98 Å². The fourth-order valence-corrected chi connectivity index (χ4v) is 8.57. The van der Waals surface area contributed by atoms with E-state index in [1.807, 2.05) is 18.3 Å². The van der Waals surface area contributed by atoms with Crippen LogP contribution in [0.3, 0.4) is 0 Å². The lowest BCUT2D eigenvalue weighted by Crippen LogP contribution is -2.34. The molecule has 6 heteroatoms. The smallest absolute Gasteiger partial charge is 0.335 e. The zero-order chi connectivity index (χ0) is 35.2. The molecule has 3 aromatic heterocycles. The number of benzene rings is 2. The second-order valence-electron chi connectivity index (χ2n) is 14.7. The minimum atomic E-state index is -0.881. The zero-order valence-corrected chi connectivity index (χ0v) is 31.0. The van der Waals surface area contributed by atoms with Gasteiger partial charge < -0.3 is 14.6 Å². The number of carbonyl (C=O) groups is 1. The maximum absolute atomic E-state index is 11.9. The average molecular weight is 673 g/mol. The highest BCUT2D eigenvalue weighted by molar-refractivity contribution is 6.00. The number of carboxylic acid groups (broad SMARTS) is 1. The minimum Gasteiger partial charge on any atom is -0.478 e. The normalized spacial score (nSPS) is 17.2. The third-order valence-corrected chi connectivity index (χ3v) is 11.1. The summed E-state index contributed by atoms with van der Waals surface area (Å²) in [4.78, 5) is 24.0. The molecule has 1 unspecified atom stereocenters. The summed E-state index contributed by atoms with van der Waals surface area (Å²) in [7, 11) is 0. The van der Waals surface area contributed by atoms with Gasteiger partial charge in [0.15, 0.2) is 0 Å². The van der Waals surface area contributed by atoms with E-state index >= 15 is 0 Å². The molecule has 0 radical (unpaired) electrons. The molecular weight excluding hydrogens is 617 g/mol. The lowest BCUT2D eigenvalue weighted by atomic mass is 9.81. The molecule has 0 bridgehead atoms. The second-order valence-corrected chi connectivity index (χ2v) is 14.7. The van der Waals surface area contributed by atoms with Crippen LogP contribution in [0.25, 0.3) is 44.5 Å². The SMILES string of the molecule is CCCC1CCCN(CC)C1.CCCn1c(-c2ccc3nc(-c4cc(C)ccn4)ccc3c2C)c(C2CCCCC2)c2ccc(C(=O)O)cc21. The van der Waals surface area contributed by atoms with Gasteiger partial charge in [0.05, 0.1) is 28.2 Å². The molecule has 0 spiro atoms. The van der Waals surface area contributed by atoms with Crippen LogP contribution in [0.15, 0.2) is 60.8 Å². The predicted molar refractivity (Wildman–Crippen MR) is 208 cm³/mol. The third kappa shape index (κ3) is 7.66. The Labute approximate surface area is 299 Å². The Morgan fingerprint density at radius 1 is 0.860 bits per heavy atom. The van der Waals surface area contributed by atoms with Crippen LogP contribution in [0.1, 0.15) is 118 Å². The third-order valence-electron chi connectivity index (χ3n) is 11.1. The number of likely N-dealkylation sites (tertiary alicyclic amines) is 1. The predicted octanol–water partition coefficient (Wildman–Crippen LogP) is 11.2. The Bertz CT molecular complexity index is 1930. The first-order valence-electron chi connectivity index (χ1n) is 19.3. The Balaban J connectivity index is 0.000000336. The molecule has 264 valence electrons. The van der Waals surface area contributed by atoms with Crippen molar-refractivity contribution in [3.05, 3.63) is 83.0 Å². The van der Waals surface area contributed by atoms with Gasteiger partial charge in [-0.2, -0.15) is 0 Å². The van der Waals surface area contributed by atoms with Gasteiger partial charge in [-0.25, -0.2) is 9.78 Å². The number of fused-ring (bicyclic) bond motifs is 2. The standard InChI is InChI=1S/C34H35N3O2.C10H21N/c1-4-18-37-31-20-24(34(38)39)10-11-27(31)32(23-8-6-5-7-9-23)33(37)26-13-14-28-25(22(26)3)12-15-29(36-28)30-19-21(2)16-17-35-30;1-3-6-10-7-5-8-11(4-2)9-10/h10-17,19-20,23H,4-9,18H2,1-3H3,(H,38,39);10H,3-9H2,1-2H3. The van der Waals surface area contributed by atoms with E-state index in [9.17, 15) is 9.90 Å². The highest BCUT2D eigenvalue weighted by atomic mass is 16.4. The van der Waals surface area contributed by atoms with Crippen molar-refractivity contribution in [3.63, 3.8) is 0 Å². The fraction of sp³-hybridized carbons (Fsp3) is 0.477. The van der Waals surface area contributed by atoms with Crippen molar-refractivity contribution in [1.29, 1.82) is 0 Å². The van der Waals surface area contributed by atoms with E-state index < -0.39 is 5.97 Å². The van der Waals surface area contributed by atoms with E-state index in [1.54, 1.807) is 6.07 Å². The number of nitrogens with zero attached hydrogens (tertiary/aromatic N) is 4. The van der Waals surface area contributed by atoms with Gasteiger partial charge in [-0.1, -0.05) is 64.7 Å². The van der Waals surface area contributed by atoms with Gasteiger partial charge in [-0.05, 0) is 130 Å². The molecule has 1 aliphatic carbocycles. The number of aromatic carboxylic acids is 1. The van der Waals surface area contributed by atoms with Gasteiger partial charge in [-0.3, -0.25) is 4.98 Å². The van der Waals surface area contributed by atoms with Crippen LogP contribution >= 0.6 is 0 Å². The summed E-state index contributed by atoms with van der Waals surface area (Å²) in [6.45, 7) is 15.8. The summed E-state index contributed by atoms with van der Waals surface area (Å²) in [6, 6.07) is 18.4. The molecular formula is C44H56N4O2. The maximum atomic E-state index is 11.9. The van der Waals surface area contributed by atoms with Crippen molar-refractivity contribution >= 4 is 27.8 Å². The van der Waals surface area contributed by atoms with Crippen LogP contribution in [-0.2, 0) is 6.54 Å². The van der Waals surface area contributed by atoms with Crippen molar-refractivity contribution in [3.8, 4) is 22.6 Å². The van der Waals surface area contributed by atoms with Gasteiger partial charge >= 0.3 is 5.97 Å². The quantitative estimate of drug-likeness (QED) is 0.169. The zero-order valence-electron chi connectivity index (χ0n) is 31.0. The molecule has 6 nitrogen and oxygen atoms in total. The molecule has 1 atom stereocenters. The number of aromatic nitrogens is 3. The summed E-state index contributed by atoms with van der Waals surface area (Å²) in [5.41, 5.74) is 10.3. The van der Waals surface area contributed by atoms with Crippen molar-refractivity contribution in [2.75, 3.05) is 19.6 Å². The Kier molecular flexibility index (Phi) is 11.7. The van der Waals surface area contributed by atoms with E-state index in [0.29, 0.717) is 11.5 Å². The molecule has 2 aliphatic rings. The molecule has 5 aromatic rings. The summed E-state index contributed by atoms with van der Waals surface area (Å²) in [6.07, 6.45) is 14.7. The first-order valence-corrected chi connectivity index (χ1v) is 19.3. The van der Waals surface area contributed by atoms with E-state index in [-0.39, 0.29) is 0 Å². The first-order chi connectivity index (χ1) is 24.3. The van der Waals surface area contributed by atoms with Gasteiger partial charge in [0.25, 0.3) is 0 Å². The Morgan fingerprint density at radius 3 is 2.38 bits per heavy atom. The van der Waals surface area contributed by atoms with Crippen LogP contribution < -0.4 is 0 Å². The summed E-state index contributed by atoms with van der Waals surface area (Å²) < 4.78 is 2.39. The largest absolute Gasteiger partial charge is 0.478 e. The molecule has 2 fully saturated rings. The van der Waals surface area contributed by atoms with Crippen LogP contribution in [-0.4, -0.2) is 50.1 Å². The molecule has 1 saturated heterocycles. The van der Waals surface area contributed by atoms with Crippen molar-refractivity contribution in [1.82, 2.24) is 19.4 Å². The topological polar surface area (TPSA) is 71.2 Å². The van der Waals surface area contributed by atoms with Crippen LogP contribution in [0.5, 0.6) is 0 Å². The monoisotopic (exact) mass is 672 g/mol. The number of hydrogen-bond acceptors (Lipinski definition) is 4. The number of piperidine rings is 1. The number of carboxylic acids is 1. The van der Waals surface area contributed by atoms with Crippen LogP contribution in [0, 0.1) is 19.8 Å². The summed E-state index contributed by atoms with van der Waals surface area (Å²) in [5, 5.41) is 12.1. The molecule has 4 heterocycles. The van der Waals surface area contributed by atoms with E-state index in [1.165, 1.54) is 111 Å². The van der Waals surface area contributed by atoms with E-state index in [2.05, 4.69) is 85.5 Å². The van der Waals surface area contributed by atoms with Gasteiger partial charge in [0, 0.05) is 41.1 Å². The average Bonchev–Trinajstić information content (AvgIpc) is 3.45. The van der Waals surface area contributed by atoms with Crippen LogP contribution in [0.4, 0.5) is 0 Å². The molecule has 2 aromatic carbocycles. The lowest BCUT2D eigenvalue weighted by molar-refractivity contribution is 0.0697. The first kappa shape index (κ1) is 35.8. The molecule has 1 saturated carbocycles. The summed E-state index contributed by atoms with van der Waals surface area (Å²) in [5.74, 6) is 0.607. The van der Waals surface area contributed by atoms with Crippen molar-refractivity contribution in [2.45, 2.75) is 111 Å². The lowest BCUT2D eigenvalue weighted by Gasteiger charge is -2.31. The van der Waals surface area contributed by atoms with Gasteiger partial charge in [0.2, 0.25) is 0 Å². The minimum absolute atomic E-state index is 0.343. The Morgan fingerprint density at radius 2 is 1.66 bits per heavy atom. The van der Waals surface area contributed by atoms with Crippen molar-refractivity contribution < 1.29 is 9.90 Å². The molecule has 7 rings (SSSR count). The van der Waals surface area contributed by atoms with Gasteiger partial charge in [0.1, 0.15) is 0 Å². The van der Waals surface area contributed by atoms with Crippen molar-refractivity contribution in [2.24, 2.45) is 5.92 Å². The number of pyridine rings is 2. The highest BCUT2D eigenvalue weighted by Crippen LogP contribution is 2.46. The summed E-state index contributed by atoms with van der Waals surface area (Å²) >= 11 is 0. The molecule has 50 heavy (non-hydrogen) atoms.